The van der Waals surface area contributed by atoms with Gasteiger partial charge in [-0.15, -0.1) is 0 Å². The third-order valence-electron chi connectivity index (χ3n) is 6.70. The Bertz CT molecular complexity index is 704. The summed E-state index contributed by atoms with van der Waals surface area (Å²) in [6.07, 6.45) is 3.19. The number of amides is 2. The van der Waals surface area contributed by atoms with Gasteiger partial charge >= 0.3 is 0 Å². The summed E-state index contributed by atoms with van der Waals surface area (Å²) in [6, 6.07) is 9.91. The summed E-state index contributed by atoms with van der Waals surface area (Å²) in [7, 11) is 0. The van der Waals surface area contributed by atoms with E-state index in [9.17, 15) is 14.7 Å². The number of aliphatic hydroxyl groups is 1. The molecular weight excluding hydrogens is 354 g/mol. The van der Waals surface area contributed by atoms with Gasteiger partial charge in [0.05, 0.1) is 24.6 Å². The van der Waals surface area contributed by atoms with Gasteiger partial charge in [0, 0.05) is 19.1 Å². The summed E-state index contributed by atoms with van der Waals surface area (Å²) in [5, 5.41) is 12.5. The predicted octanol–water partition coefficient (Wildman–Crippen LogP) is 1.56. The molecule has 1 aromatic rings. The summed E-state index contributed by atoms with van der Waals surface area (Å²) in [6.45, 7) is 4.86. The Kier molecular flexibility index (Phi) is 5.69. The molecule has 3 aliphatic rings. The first-order valence-corrected chi connectivity index (χ1v) is 10.6. The van der Waals surface area contributed by atoms with Crippen molar-refractivity contribution in [2.45, 2.75) is 50.8 Å². The maximum absolute atomic E-state index is 13.1. The lowest BCUT2D eigenvalue weighted by Crippen LogP contribution is -2.54. The quantitative estimate of drug-likeness (QED) is 0.780. The van der Waals surface area contributed by atoms with Crippen LogP contribution in [-0.4, -0.2) is 65.0 Å². The molecule has 3 fully saturated rings. The molecule has 0 aromatic heterocycles. The molecule has 1 aromatic carbocycles. The van der Waals surface area contributed by atoms with Crippen LogP contribution in [0.1, 0.15) is 44.2 Å². The van der Waals surface area contributed by atoms with Gasteiger partial charge in [-0.25, -0.2) is 0 Å². The van der Waals surface area contributed by atoms with Crippen molar-refractivity contribution in [3.05, 3.63) is 35.9 Å². The number of hydrogen-bond donors (Lipinski definition) is 2. The van der Waals surface area contributed by atoms with Crippen molar-refractivity contribution < 1.29 is 14.7 Å². The van der Waals surface area contributed by atoms with Crippen LogP contribution in [0.25, 0.3) is 0 Å². The van der Waals surface area contributed by atoms with Crippen LogP contribution in [0.15, 0.2) is 30.3 Å². The second kappa shape index (κ2) is 8.21. The van der Waals surface area contributed by atoms with E-state index in [0.29, 0.717) is 19.0 Å². The fourth-order valence-corrected chi connectivity index (χ4v) is 5.11. The Hall–Kier alpha value is -1.92. The molecule has 2 N–H and O–H groups in total. The van der Waals surface area contributed by atoms with Crippen LogP contribution in [0, 0.1) is 11.8 Å². The Labute approximate surface area is 166 Å². The molecule has 3 atom stereocenters. The van der Waals surface area contributed by atoms with Gasteiger partial charge in [0.1, 0.15) is 0 Å². The number of rotatable bonds is 6. The highest BCUT2D eigenvalue weighted by atomic mass is 16.3. The molecule has 1 aliphatic carbocycles. The summed E-state index contributed by atoms with van der Waals surface area (Å²) >= 11 is 0. The molecule has 2 amide bonds. The number of benzene rings is 1. The largest absolute Gasteiger partial charge is 0.393 e. The summed E-state index contributed by atoms with van der Waals surface area (Å²) in [4.78, 5) is 30.1. The van der Waals surface area contributed by atoms with Crippen molar-refractivity contribution in [3.8, 4) is 0 Å². The number of carbonyl (C=O) groups excluding carboxylic acids is 2. The summed E-state index contributed by atoms with van der Waals surface area (Å²) < 4.78 is 0. The Morgan fingerprint density at radius 1 is 1.21 bits per heavy atom. The Morgan fingerprint density at radius 3 is 2.64 bits per heavy atom. The summed E-state index contributed by atoms with van der Waals surface area (Å²) in [5.74, 6) is 0.500. The molecule has 0 spiro atoms. The maximum atomic E-state index is 13.1. The zero-order chi connectivity index (χ0) is 19.7. The first-order valence-electron chi connectivity index (χ1n) is 10.6. The van der Waals surface area contributed by atoms with Crippen LogP contribution in [0.4, 0.5) is 0 Å². The maximum Gasteiger partial charge on any atom is 0.237 e. The van der Waals surface area contributed by atoms with Crippen molar-refractivity contribution in [1.29, 1.82) is 0 Å². The highest BCUT2D eigenvalue weighted by molar-refractivity contribution is 5.85. The highest BCUT2D eigenvalue weighted by Crippen LogP contribution is 2.43. The van der Waals surface area contributed by atoms with Gasteiger partial charge in [-0.05, 0) is 43.7 Å². The van der Waals surface area contributed by atoms with Gasteiger partial charge in [0.2, 0.25) is 11.8 Å². The number of nitrogens with one attached hydrogen (secondary N) is 1. The number of hydrogen-bond acceptors (Lipinski definition) is 4. The molecule has 2 saturated heterocycles. The topological polar surface area (TPSA) is 72.9 Å². The second-order valence-electron chi connectivity index (χ2n) is 8.55. The normalized spacial score (nSPS) is 32.7. The lowest BCUT2D eigenvalue weighted by Gasteiger charge is -2.39. The van der Waals surface area contributed by atoms with E-state index >= 15 is 0 Å². The Morgan fingerprint density at radius 2 is 1.96 bits per heavy atom. The minimum atomic E-state index is -0.208. The van der Waals surface area contributed by atoms with E-state index < -0.39 is 0 Å². The van der Waals surface area contributed by atoms with Crippen molar-refractivity contribution in [2.24, 2.45) is 11.8 Å². The molecule has 1 saturated carbocycles. The van der Waals surface area contributed by atoms with Crippen molar-refractivity contribution in [3.63, 3.8) is 0 Å². The molecule has 4 rings (SSSR count). The number of piperazine rings is 1. The van der Waals surface area contributed by atoms with E-state index in [1.165, 1.54) is 0 Å². The van der Waals surface area contributed by atoms with Gasteiger partial charge in [0.15, 0.2) is 0 Å². The smallest absolute Gasteiger partial charge is 0.237 e. The zero-order valence-corrected chi connectivity index (χ0v) is 16.6. The molecule has 2 aliphatic heterocycles. The average molecular weight is 386 g/mol. The number of carbonyl (C=O) groups is 2. The minimum Gasteiger partial charge on any atom is -0.393 e. The number of nitrogens with zero attached hydrogens (tertiary/aromatic N) is 2. The molecule has 0 unspecified atom stereocenters. The third-order valence-corrected chi connectivity index (χ3v) is 6.70. The van der Waals surface area contributed by atoms with Gasteiger partial charge in [-0.3, -0.25) is 14.5 Å². The predicted molar refractivity (Wildman–Crippen MR) is 106 cm³/mol. The Balaban J connectivity index is 1.47. The van der Waals surface area contributed by atoms with Crippen LogP contribution >= 0.6 is 0 Å². The van der Waals surface area contributed by atoms with E-state index in [4.69, 9.17) is 0 Å². The van der Waals surface area contributed by atoms with Crippen LogP contribution in [0.3, 0.4) is 0 Å². The van der Waals surface area contributed by atoms with E-state index in [-0.39, 0.29) is 35.9 Å². The number of likely N-dealkylation sites (N-methyl/N-ethyl adjacent to an activating group) is 1. The van der Waals surface area contributed by atoms with Crippen LogP contribution < -0.4 is 5.32 Å². The second-order valence-corrected chi connectivity index (χ2v) is 8.55. The fraction of sp³-hybridized carbons (Fsp3) is 0.636. The number of fused-ring (bicyclic) bond motifs is 1. The fourth-order valence-electron chi connectivity index (χ4n) is 5.11. The van der Waals surface area contributed by atoms with Gasteiger partial charge in [-0.1, -0.05) is 37.3 Å². The highest BCUT2D eigenvalue weighted by Gasteiger charge is 2.49. The minimum absolute atomic E-state index is 0.0546. The third kappa shape index (κ3) is 3.80. The standard InChI is InChI=1S/C22H31N3O3/c1-2-24-13-17-12-19(22(28)23-9-8-15-10-18(26)11-15)21(25(17)20(27)14-24)16-6-4-3-5-7-16/h3-7,15,17-19,21,26H,2,8-14H2,1H3,(H,23,28)/t15?,17-,18?,19-,21-/m1/s1. The first-order chi connectivity index (χ1) is 13.6. The van der Waals surface area contributed by atoms with Crippen molar-refractivity contribution >= 4 is 11.8 Å². The van der Waals surface area contributed by atoms with Gasteiger partial charge in [-0.2, -0.15) is 0 Å². The molecule has 0 bridgehead atoms. The van der Waals surface area contributed by atoms with E-state index in [2.05, 4.69) is 17.1 Å². The molecule has 0 radical (unpaired) electrons. The van der Waals surface area contributed by atoms with E-state index in [1.54, 1.807) is 0 Å². The van der Waals surface area contributed by atoms with Crippen LogP contribution in [-0.2, 0) is 9.59 Å². The average Bonchev–Trinajstić information content (AvgIpc) is 3.07. The molecule has 2 heterocycles. The molecule has 6 heteroatoms. The first kappa shape index (κ1) is 19.4. The SMILES string of the molecule is CCN1CC(=O)N2[C@H](C[C@@H](C(=O)NCCC3CC(O)C3)[C@H]2c2ccccc2)C1. The molecular formula is C22H31N3O3. The number of aliphatic hydroxyl groups excluding tert-OH is 1. The molecule has 6 nitrogen and oxygen atoms in total. The lowest BCUT2D eigenvalue weighted by atomic mass is 9.80. The monoisotopic (exact) mass is 385 g/mol. The summed E-state index contributed by atoms with van der Waals surface area (Å²) in [5.41, 5.74) is 1.05. The van der Waals surface area contributed by atoms with Gasteiger partial charge in [0.25, 0.3) is 0 Å². The van der Waals surface area contributed by atoms with Crippen molar-refractivity contribution in [2.75, 3.05) is 26.2 Å². The lowest BCUT2D eigenvalue weighted by molar-refractivity contribution is -0.140. The van der Waals surface area contributed by atoms with Crippen LogP contribution in [0.2, 0.25) is 0 Å². The van der Waals surface area contributed by atoms with Gasteiger partial charge < -0.3 is 15.3 Å². The zero-order valence-electron chi connectivity index (χ0n) is 16.6. The molecule has 28 heavy (non-hydrogen) atoms. The van der Waals surface area contributed by atoms with E-state index in [0.717, 1.165) is 44.3 Å². The molecule has 152 valence electrons. The van der Waals surface area contributed by atoms with E-state index in [1.807, 2.05) is 35.2 Å². The van der Waals surface area contributed by atoms with Crippen LogP contribution in [0.5, 0.6) is 0 Å². The van der Waals surface area contributed by atoms with Crippen molar-refractivity contribution in [1.82, 2.24) is 15.1 Å².